The molecule has 23 heavy (non-hydrogen) atoms. The van der Waals surface area contributed by atoms with E-state index < -0.39 is 0 Å². The minimum atomic E-state index is -0.264. The zero-order valence-corrected chi connectivity index (χ0v) is 15.0. The van der Waals surface area contributed by atoms with Gasteiger partial charge in [0.2, 0.25) is 5.95 Å². The minimum Gasteiger partial charge on any atom is -0.504 e. The number of aryl methyl sites for hydroxylation is 1. The summed E-state index contributed by atoms with van der Waals surface area (Å²) in [6.45, 7) is 1.98. The number of nitrogens with zero attached hydrogens (tertiary/aromatic N) is 3. The molecule has 0 aliphatic heterocycles. The average Bonchev–Trinajstić information content (AvgIpc) is 2.54. The van der Waals surface area contributed by atoms with Gasteiger partial charge in [-0.05, 0) is 12.8 Å². The van der Waals surface area contributed by atoms with Crippen molar-refractivity contribution in [2.24, 2.45) is 0 Å². The van der Waals surface area contributed by atoms with Gasteiger partial charge in [0, 0.05) is 14.1 Å². The number of anilines is 1. The summed E-state index contributed by atoms with van der Waals surface area (Å²) in [7, 11) is 3.71. The first-order chi connectivity index (χ1) is 11.1. The largest absolute Gasteiger partial charge is 0.504 e. The summed E-state index contributed by atoms with van der Waals surface area (Å²) in [5.74, 6) is 0.593. The van der Waals surface area contributed by atoms with Crippen LogP contribution in [0, 0.1) is 0 Å². The van der Waals surface area contributed by atoms with E-state index in [2.05, 4.69) is 16.9 Å². The van der Waals surface area contributed by atoms with Gasteiger partial charge < -0.3 is 15.1 Å². The van der Waals surface area contributed by atoms with Crippen molar-refractivity contribution in [3.05, 3.63) is 11.4 Å². The summed E-state index contributed by atoms with van der Waals surface area (Å²) in [6, 6.07) is 0. The van der Waals surface area contributed by atoms with Gasteiger partial charge in [-0.25, -0.2) is 9.97 Å². The van der Waals surface area contributed by atoms with E-state index in [-0.39, 0.29) is 12.4 Å². The van der Waals surface area contributed by atoms with Crippen LogP contribution in [0.25, 0.3) is 0 Å². The lowest BCUT2D eigenvalue weighted by molar-refractivity contribution is 0.269. The van der Waals surface area contributed by atoms with Crippen LogP contribution in [-0.4, -0.2) is 34.3 Å². The second kappa shape index (κ2) is 11.2. The van der Waals surface area contributed by atoms with E-state index in [9.17, 15) is 10.2 Å². The average molecular weight is 323 g/mol. The van der Waals surface area contributed by atoms with Crippen molar-refractivity contribution in [1.82, 2.24) is 9.97 Å². The Morgan fingerprint density at radius 2 is 1.35 bits per heavy atom. The molecule has 5 heteroatoms. The van der Waals surface area contributed by atoms with Crippen LogP contribution in [0.3, 0.4) is 0 Å². The van der Waals surface area contributed by atoms with Gasteiger partial charge in [0.15, 0.2) is 5.75 Å². The van der Waals surface area contributed by atoms with Gasteiger partial charge in [0.05, 0.1) is 12.3 Å². The number of hydrogen-bond acceptors (Lipinski definition) is 5. The first-order valence-corrected chi connectivity index (χ1v) is 8.97. The molecule has 0 aromatic carbocycles. The number of rotatable bonds is 12. The quantitative estimate of drug-likeness (QED) is 0.572. The second-order valence-electron chi connectivity index (χ2n) is 6.40. The molecule has 0 saturated heterocycles. The van der Waals surface area contributed by atoms with Crippen molar-refractivity contribution in [2.75, 3.05) is 19.0 Å². The normalized spacial score (nSPS) is 11.0. The number of hydrogen-bond donors (Lipinski definition) is 2. The standard InChI is InChI=1S/C18H33N3O2/c1-4-5-6-7-8-9-10-11-12-13-15-17(23)16(14-22)20-18(19-15)21(2)3/h22-23H,4-14H2,1-3H3. The molecule has 0 radical (unpaired) electrons. The molecule has 1 rings (SSSR count). The van der Waals surface area contributed by atoms with E-state index in [4.69, 9.17) is 0 Å². The van der Waals surface area contributed by atoms with E-state index >= 15 is 0 Å². The van der Waals surface area contributed by atoms with Crippen LogP contribution in [-0.2, 0) is 13.0 Å². The minimum absolute atomic E-state index is 0.0534. The molecule has 132 valence electrons. The van der Waals surface area contributed by atoms with Crippen LogP contribution in [0.15, 0.2) is 0 Å². The Morgan fingerprint density at radius 3 is 1.87 bits per heavy atom. The maximum atomic E-state index is 10.1. The molecule has 1 heterocycles. The molecule has 0 amide bonds. The van der Waals surface area contributed by atoms with Crippen LogP contribution in [0.2, 0.25) is 0 Å². The molecule has 0 fully saturated rings. The third-order valence-electron chi connectivity index (χ3n) is 4.08. The van der Waals surface area contributed by atoms with Crippen molar-refractivity contribution >= 4 is 5.95 Å². The van der Waals surface area contributed by atoms with Crippen LogP contribution >= 0.6 is 0 Å². The fourth-order valence-corrected chi connectivity index (χ4v) is 2.63. The Morgan fingerprint density at radius 1 is 0.826 bits per heavy atom. The topological polar surface area (TPSA) is 69.5 Å². The van der Waals surface area contributed by atoms with E-state index in [0.29, 0.717) is 17.3 Å². The molecular formula is C18H33N3O2. The van der Waals surface area contributed by atoms with Crippen LogP contribution in [0.4, 0.5) is 5.95 Å². The highest BCUT2D eigenvalue weighted by molar-refractivity contribution is 5.39. The van der Waals surface area contributed by atoms with E-state index in [1.54, 1.807) is 4.90 Å². The van der Waals surface area contributed by atoms with Gasteiger partial charge in [0.1, 0.15) is 5.69 Å². The molecular weight excluding hydrogens is 290 g/mol. The molecule has 0 spiro atoms. The number of aliphatic hydroxyl groups is 1. The maximum absolute atomic E-state index is 10.1. The highest BCUT2D eigenvalue weighted by Gasteiger charge is 2.13. The Labute approximate surface area is 140 Å². The Kier molecular flexibility index (Phi) is 9.60. The van der Waals surface area contributed by atoms with Crippen molar-refractivity contribution in [3.8, 4) is 5.75 Å². The molecule has 0 unspecified atom stereocenters. The first-order valence-electron chi connectivity index (χ1n) is 8.97. The maximum Gasteiger partial charge on any atom is 0.225 e. The van der Waals surface area contributed by atoms with Gasteiger partial charge in [-0.15, -0.1) is 0 Å². The summed E-state index contributed by atoms with van der Waals surface area (Å²) in [6.07, 6.45) is 12.1. The van der Waals surface area contributed by atoms with Crippen molar-refractivity contribution in [2.45, 2.75) is 77.7 Å². The third kappa shape index (κ3) is 7.16. The van der Waals surface area contributed by atoms with Crippen molar-refractivity contribution in [1.29, 1.82) is 0 Å². The predicted octanol–water partition coefficient (Wildman–Crippen LogP) is 3.81. The number of aliphatic hydroxyl groups excluding tert-OH is 1. The molecule has 2 N–H and O–H groups in total. The van der Waals surface area contributed by atoms with Gasteiger partial charge >= 0.3 is 0 Å². The van der Waals surface area contributed by atoms with Crippen LogP contribution in [0.1, 0.15) is 76.1 Å². The van der Waals surface area contributed by atoms with Crippen molar-refractivity contribution < 1.29 is 10.2 Å². The molecule has 5 nitrogen and oxygen atoms in total. The summed E-state index contributed by atoms with van der Waals surface area (Å²) in [5, 5.41) is 19.4. The predicted molar refractivity (Wildman–Crippen MR) is 94.9 cm³/mol. The van der Waals surface area contributed by atoms with E-state index in [1.165, 1.54) is 44.9 Å². The SMILES string of the molecule is CCCCCCCCCCCc1nc(N(C)C)nc(CO)c1O. The summed E-state index contributed by atoms with van der Waals surface area (Å²) in [4.78, 5) is 10.4. The lowest BCUT2D eigenvalue weighted by Crippen LogP contribution is -2.15. The molecule has 0 bridgehead atoms. The fourth-order valence-electron chi connectivity index (χ4n) is 2.63. The number of unbranched alkanes of at least 4 members (excludes halogenated alkanes) is 8. The third-order valence-corrected chi connectivity index (χ3v) is 4.08. The molecule has 0 saturated carbocycles. The summed E-state index contributed by atoms with van der Waals surface area (Å²) < 4.78 is 0. The molecule has 0 atom stereocenters. The lowest BCUT2D eigenvalue weighted by Gasteiger charge is -2.14. The lowest BCUT2D eigenvalue weighted by atomic mass is 10.1. The Hall–Kier alpha value is -1.36. The zero-order valence-electron chi connectivity index (χ0n) is 15.0. The van der Waals surface area contributed by atoms with Crippen molar-refractivity contribution in [3.63, 3.8) is 0 Å². The molecule has 1 aromatic heterocycles. The second-order valence-corrected chi connectivity index (χ2v) is 6.40. The fraction of sp³-hybridized carbons (Fsp3) is 0.778. The Bertz CT molecular complexity index is 450. The number of aromatic nitrogens is 2. The van der Waals surface area contributed by atoms with Crippen LogP contribution in [0.5, 0.6) is 5.75 Å². The van der Waals surface area contributed by atoms with E-state index in [0.717, 1.165) is 19.3 Å². The number of aromatic hydroxyl groups is 1. The van der Waals surface area contributed by atoms with E-state index in [1.807, 2.05) is 14.1 Å². The smallest absolute Gasteiger partial charge is 0.225 e. The molecule has 0 aliphatic rings. The summed E-state index contributed by atoms with van der Waals surface area (Å²) >= 11 is 0. The monoisotopic (exact) mass is 323 g/mol. The molecule has 0 aliphatic carbocycles. The first kappa shape index (κ1) is 19.7. The summed E-state index contributed by atoms with van der Waals surface area (Å²) in [5.41, 5.74) is 0.963. The van der Waals surface area contributed by atoms with Crippen LogP contribution < -0.4 is 4.90 Å². The van der Waals surface area contributed by atoms with Gasteiger partial charge in [-0.3, -0.25) is 0 Å². The zero-order chi connectivity index (χ0) is 17.1. The highest BCUT2D eigenvalue weighted by Crippen LogP contribution is 2.24. The highest BCUT2D eigenvalue weighted by atomic mass is 16.3. The molecule has 1 aromatic rings. The van der Waals surface area contributed by atoms with Gasteiger partial charge in [-0.1, -0.05) is 58.3 Å². The van der Waals surface area contributed by atoms with Gasteiger partial charge in [0.25, 0.3) is 0 Å². The Balaban J connectivity index is 2.35. The van der Waals surface area contributed by atoms with Gasteiger partial charge in [-0.2, -0.15) is 0 Å².